The Kier molecular flexibility index (Phi) is 5.82. The Hall–Kier alpha value is -3.30. The molecule has 5 rings (SSSR count). The molecule has 2 aliphatic heterocycles. The SMILES string of the molecule is CC(C)n1cnnc1-c1cccc(N2Cc3ccc(OC[C@@H]4CN(C)CCO4)cc3C2=O)n1. The molecule has 2 aromatic heterocycles. The van der Waals surface area contributed by atoms with Crippen LogP contribution in [0.5, 0.6) is 5.75 Å². The van der Waals surface area contributed by atoms with Gasteiger partial charge < -0.3 is 18.9 Å². The Morgan fingerprint density at radius 2 is 2.12 bits per heavy atom. The Morgan fingerprint density at radius 3 is 2.94 bits per heavy atom. The second-order valence-electron chi connectivity index (χ2n) is 8.81. The zero-order valence-electron chi connectivity index (χ0n) is 19.1. The molecule has 0 saturated carbocycles. The molecule has 1 saturated heterocycles. The molecule has 0 spiro atoms. The predicted molar refractivity (Wildman–Crippen MR) is 123 cm³/mol. The van der Waals surface area contributed by atoms with E-state index in [9.17, 15) is 4.79 Å². The molecule has 172 valence electrons. The van der Waals surface area contributed by atoms with Crippen LogP contribution in [-0.2, 0) is 11.3 Å². The molecule has 0 aliphatic carbocycles. The summed E-state index contributed by atoms with van der Waals surface area (Å²) in [5.74, 6) is 1.86. The molecule has 0 N–H and O–H groups in total. The summed E-state index contributed by atoms with van der Waals surface area (Å²) in [5, 5.41) is 8.25. The molecular weight excluding hydrogens is 420 g/mol. The average Bonchev–Trinajstić information content (AvgIpc) is 3.43. The molecule has 33 heavy (non-hydrogen) atoms. The number of hydrogen-bond acceptors (Lipinski definition) is 7. The van der Waals surface area contributed by atoms with Gasteiger partial charge in [0.2, 0.25) is 0 Å². The summed E-state index contributed by atoms with van der Waals surface area (Å²) in [6.45, 7) is 7.54. The third kappa shape index (κ3) is 4.34. The lowest BCUT2D eigenvalue weighted by atomic mass is 10.1. The quantitative estimate of drug-likeness (QED) is 0.573. The fraction of sp³-hybridized carbons (Fsp3) is 0.417. The van der Waals surface area contributed by atoms with Crippen molar-refractivity contribution < 1.29 is 14.3 Å². The monoisotopic (exact) mass is 448 g/mol. The van der Waals surface area contributed by atoms with Crippen LogP contribution < -0.4 is 9.64 Å². The van der Waals surface area contributed by atoms with Gasteiger partial charge >= 0.3 is 0 Å². The fourth-order valence-corrected chi connectivity index (χ4v) is 4.21. The Labute approximate surface area is 193 Å². The second kappa shape index (κ2) is 8.92. The van der Waals surface area contributed by atoms with Gasteiger partial charge in [0.05, 0.1) is 13.2 Å². The standard InChI is InChI=1S/C24H28N6O3/c1-16(2)30-15-25-27-23(30)21-5-4-6-22(26-21)29-12-17-7-8-18(11-20(17)24(29)31)33-14-19-13-28(3)9-10-32-19/h4-8,11,15-16,19H,9-10,12-14H2,1-3H3/t19-/m0/s1. The molecule has 2 aliphatic rings. The van der Waals surface area contributed by atoms with Gasteiger partial charge in [-0.1, -0.05) is 12.1 Å². The van der Waals surface area contributed by atoms with Crippen molar-refractivity contribution in [1.82, 2.24) is 24.6 Å². The van der Waals surface area contributed by atoms with Crippen LogP contribution in [0.1, 0.15) is 35.8 Å². The maximum absolute atomic E-state index is 13.2. The summed E-state index contributed by atoms with van der Waals surface area (Å²) in [7, 11) is 2.08. The third-order valence-corrected chi connectivity index (χ3v) is 6.03. The Morgan fingerprint density at radius 1 is 1.24 bits per heavy atom. The molecule has 4 heterocycles. The number of amides is 1. The maximum atomic E-state index is 13.2. The van der Waals surface area contributed by atoms with Gasteiger partial charge in [-0.25, -0.2) is 4.98 Å². The first kappa shape index (κ1) is 21.5. The van der Waals surface area contributed by atoms with Crippen LogP contribution in [0.25, 0.3) is 11.5 Å². The third-order valence-electron chi connectivity index (χ3n) is 6.03. The summed E-state index contributed by atoms with van der Waals surface area (Å²) < 4.78 is 13.7. The van der Waals surface area contributed by atoms with Gasteiger partial charge in [-0.3, -0.25) is 9.69 Å². The zero-order valence-corrected chi connectivity index (χ0v) is 19.1. The van der Waals surface area contributed by atoms with Crippen molar-refractivity contribution in [2.45, 2.75) is 32.5 Å². The summed E-state index contributed by atoms with van der Waals surface area (Å²) in [6.07, 6.45) is 1.73. The van der Waals surface area contributed by atoms with Crippen molar-refractivity contribution in [3.63, 3.8) is 0 Å². The predicted octanol–water partition coefficient (Wildman–Crippen LogP) is 2.79. The van der Waals surface area contributed by atoms with Crippen LogP contribution in [0, 0.1) is 0 Å². The van der Waals surface area contributed by atoms with E-state index in [-0.39, 0.29) is 18.1 Å². The molecule has 9 nitrogen and oxygen atoms in total. The lowest BCUT2D eigenvalue weighted by Gasteiger charge is -2.29. The van der Waals surface area contributed by atoms with Gasteiger partial charge in [-0.15, -0.1) is 10.2 Å². The van der Waals surface area contributed by atoms with Gasteiger partial charge in [-0.05, 0) is 50.7 Å². The number of hydrogen-bond donors (Lipinski definition) is 0. The van der Waals surface area contributed by atoms with Crippen LogP contribution in [0.15, 0.2) is 42.7 Å². The first-order valence-corrected chi connectivity index (χ1v) is 11.2. The molecule has 1 fully saturated rings. The smallest absolute Gasteiger partial charge is 0.260 e. The van der Waals surface area contributed by atoms with Gasteiger partial charge in [0.15, 0.2) is 5.82 Å². The van der Waals surface area contributed by atoms with E-state index >= 15 is 0 Å². The number of benzene rings is 1. The minimum absolute atomic E-state index is 0.0315. The maximum Gasteiger partial charge on any atom is 0.260 e. The van der Waals surface area contributed by atoms with Crippen LogP contribution in [-0.4, -0.2) is 70.0 Å². The van der Waals surface area contributed by atoms with Crippen molar-refractivity contribution in [3.8, 4) is 17.3 Å². The van der Waals surface area contributed by atoms with Gasteiger partial charge in [0, 0.05) is 24.7 Å². The van der Waals surface area contributed by atoms with Crippen LogP contribution >= 0.6 is 0 Å². The Balaban J connectivity index is 1.32. The summed E-state index contributed by atoms with van der Waals surface area (Å²) in [4.78, 5) is 21.9. The number of pyridine rings is 1. The van der Waals surface area contributed by atoms with Crippen LogP contribution in [0.4, 0.5) is 5.82 Å². The van der Waals surface area contributed by atoms with E-state index in [1.54, 1.807) is 11.2 Å². The van der Waals surface area contributed by atoms with E-state index in [4.69, 9.17) is 14.5 Å². The van der Waals surface area contributed by atoms with E-state index in [0.717, 1.165) is 18.7 Å². The van der Waals surface area contributed by atoms with Crippen molar-refractivity contribution in [2.75, 3.05) is 38.3 Å². The summed E-state index contributed by atoms with van der Waals surface area (Å²) in [6, 6.07) is 11.5. The highest BCUT2D eigenvalue weighted by Gasteiger charge is 2.30. The zero-order chi connectivity index (χ0) is 22.9. The molecule has 0 bridgehead atoms. The van der Waals surface area contributed by atoms with Crippen molar-refractivity contribution >= 4 is 11.7 Å². The number of carbonyl (C=O) groups is 1. The molecule has 1 amide bonds. The van der Waals surface area contributed by atoms with E-state index in [1.807, 2.05) is 41.0 Å². The number of likely N-dealkylation sites (N-methyl/N-ethyl adjacent to an activating group) is 1. The first-order valence-electron chi connectivity index (χ1n) is 11.2. The van der Waals surface area contributed by atoms with Crippen LogP contribution in [0.2, 0.25) is 0 Å². The number of ether oxygens (including phenoxy) is 2. The molecular formula is C24H28N6O3. The van der Waals surface area contributed by atoms with Gasteiger partial charge in [0.25, 0.3) is 5.91 Å². The lowest BCUT2D eigenvalue weighted by molar-refractivity contribution is -0.0403. The molecule has 9 heteroatoms. The highest BCUT2D eigenvalue weighted by Crippen LogP contribution is 2.31. The molecule has 3 aromatic rings. The molecule has 1 aromatic carbocycles. The largest absolute Gasteiger partial charge is 0.491 e. The molecule has 0 unspecified atom stereocenters. The minimum atomic E-state index is -0.0842. The fourth-order valence-electron chi connectivity index (χ4n) is 4.21. The number of aromatic nitrogens is 4. The molecule has 1 atom stereocenters. The number of carbonyl (C=O) groups excluding carboxylic acids is 1. The lowest BCUT2D eigenvalue weighted by Crippen LogP contribution is -2.42. The normalized spacial score (nSPS) is 18.7. The highest BCUT2D eigenvalue weighted by molar-refractivity contribution is 6.09. The second-order valence-corrected chi connectivity index (χ2v) is 8.81. The van der Waals surface area contributed by atoms with E-state index < -0.39 is 0 Å². The average molecular weight is 449 g/mol. The molecule has 0 radical (unpaired) electrons. The van der Waals surface area contributed by atoms with E-state index in [1.165, 1.54) is 0 Å². The number of rotatable bonds is 6. The summed E-state index contributed by atoms with van der Waals surface area (Å²) in [5.41, 5.74) is 2.29. The van der Waals surface area contributed by atoms with Crippen molar-refractivity contribution in [2.24, 2.45) is 0 Å². The minimum Gasteiger partial charge on any atom is -0.491 e. The van der Waals surface area contributed by atoms with Crippen molar-refractivity contribution in [1.29, 1.82) is 0 Å². The number of nitrogens with zero attached hydrogens (tertiary/aromatic N) is 6. The van der Waals surface area contributed by atoms with Crippen molar-refractivity contribution in [3.05, 3.63) is 53.9 Å². The Bertz CT molecular complexity index is 1160. The highest BCUT2D eigenvalue weighted by atomic mass is 16.5. The van der Waals surface area contributed by atoms with E-state index in [2.05, 4.69) is 36.0 Å². The van der Waals surface area contributed by atoms with Gasteiger partial charge in [-0.2, -0.15) is 0 Å². The number of fused-ring (bicyclic) bond motifs is 1. The van der Waals surface area contributed by atoms with Crippen LogP contribution in [0.3, 0.4) is 0 Å². The topological polar surface area (TPSA) is 85.6 Å². The first-order chi connectivity index (χ1) is 16.0. The number of anilines is 1. The van der Waals surface area contributed by atoms with Gasteiger partial charge in [0.1, 0.15) is 36.3 Å². The van der Waals surface area contributed by atoms with E-state index in [0.29, 0.717) is 48.4 Å². The summed E-state index contributed by atoms with van der Waals surface area (Å²) >= 11 is 0. The number of morpholine rings is 1.